The number of H-pyrrole nitrogens is 1. The van der Waals surface area contributed by atoms with Gasteiger partial charge in [0.1, 0.15) is 6.10 Å². The van der Waals surface area contributed by atoms with Crippen LogP contribution < -0.4 is 4.74 Å². The van der Waals surface area contributed by atoms with Crippen molar-refractivity contribution in [3.05, 3.63) is 41.3 Å². The van der Waals surface area contributed by atoms with Gasteiger partial charge in [-0.15, -0.1) is 0 Å². The molecule has 0 saturated carbocycles. The number of aryl methyl sites for hydroxylation is 2. The Morgan fingerprint density at radius 2 is 2.29 bits per heavy atom. The molecule has 110 valence electrons. The van der Waals surface area contributed by atoms with Crippen molar-refractivity contribution in [2.75, 3.05) is 13.1 Å². The number of nitrogens with zero attached hydrogens (tertiary/aromatic N) is 3. The van der Waals surface area contributed by atoms with E-state index in [1.807, 2.05) is 36.9 Å². The minimum absolute atomic E-state index is 0.00337. The molecule has 1 N–H and O–H groups in total. The Kier molecular flexibility index (Phi) is 3.60. The quantitative estimate of drug-likeness (QED) is 0.932. The van der Waals surface area contributed by atoms with E-state index in [2.05, 4.69) is 15.2 Å². The molecule has 1 aliphatic rings. The number of ether oxygens (including phenoxy) is 1. The number of hydrogen-bond acceptors (Lipinski definition) is 4. The fourth-order valence-corrected chi connectivity index (χ4v) is 2.62. The Hall–Kier alpha value is -2.37. The van der Waals surface area contributed by atoms with Gasteiger partial charge >= 0.3 is 0 Å². The minimum Gasteiger partial charge on any atom is -0.472 e. The summed E-state index contributed by atoms with van der Waals surface area (Å²) in [5, 5.41) is 6.94. The lowest BCUT2D eigenvalue weighted by Gasteiger charge is -2.17. The Labute approximate surface area is 123 Å². The van der Waals surface area contributed by atoms with E-state index in [4.69, 9.17) is 4.74 Å². The first-order valence-corrected chi connectivity index (χ1v) is 7.03. The van der Waals surface area contributed by atoms with Crippen molar-refractivity contribution in [1.29, 1.82) is 0 Å². The smallest absolute Gasteiger partial charge is 0.257 e. The Morgan fingerprint density at radius 3 is 2.95 bits per heavy atom. The molecule has 21 heavy (non-hydrogen) atoms. The molecule has 2 aromatic heterocycles. The van der Waals surface area contributed by atoms with Gasteiger partial charge in [-0.05, 0) is 19.9 Å². The highest BCUT2D eigenvalue weighted by Gasteiger charge is 2.30. The summed E-state index contributed by atoms with van der Waals surface area (Å²) in [6, 6.07) is 5.56. The highest BCUT2D eigenvalue weighted by molar-refractivity contribution is 5.96. The van der Waals surface area contributed by atoms with E-state index >= 15 is 0 Å². The summed E-state index contributed by atoms with van der Waals surface area (Å²) in [6.45, 7) is 4.99. The Balaban J connectivity index is 1.66. The monoisotopic (exact) mass is 286 g/mol. The van der Waals surface area contributed by atoms with Crippen molar-refractivity contribution >= 4 is 5.91 Å². The second-order valence-corrected chi connectivity index (χ2v) is 5.26. The molecule has 6 heteroatoms. The predicted molar refractivity (Wildman–Crippen MR) is 77.2 cm³/mol. The lowest BCUT2D eigenvalue weighted by atomic mass is 10.2. The van der Waals surface area contributed by atoms with Crippen molar-refractivity contribution < 1.29 is 9.53 Å². The zero-order valence-corrected chi connectivity index (χ0v) is 12.2. The van der Waals surface area contributed by atoms with Crippen LogP contribution in [-0.4, -0.2) is 45.2 Å². The van der Waals surface area contributed by atoms with Gasteiger partial charge in [0, 0.05) is 30.9 Å². The molecule has 2 aromatic rings. The zero-order chi connectivity index (χ0) is 14.8. The van der Waals surface area contributed by atoms with Crippen LogP contribution in [0.5, 0.6) is 5.88 Å². The van der Waals surface area contributed by atoms with E-state index in [-0.39, 0.29) is 12.0 Å². The molecule has 0 radical (unpaired) electrons. The topological polar surface area (TPSA) is 71.1 Å². The van der Waals surface area contributed by atoms with Gasteiger partial charge in [0.15, 0.2) is 0 Å². The van der Waals surface area contributed by atoms with E-state index in [1.54, 1.807) is 6.20 Å². The second-order valence-electron chi connectivity index (χ2n) is 5.26. The number of amides is 1. The van der Waals surface area contributed by atoms with Crippen molar-refractivity contribution in [2.45, 2.75) is 26.4 Å². The molecular formula is C15H18N4O2. The Bertz CT molecular complexity index is 619. The van der Waals surface area contributed by atoms with Gasteiger partial charge in [-0.2, -0.15) is 5.10 Å². The van der Waals surface area contributed by atoms with Crippen LogP contribution in [0.1, 0.15) is 28.2 Å². The van der Waals surface area contributed by atoms with Crippen LogP contribution in [-0.2, 0) is 0 Å². The number of rotatable bonds is 3. The van der Waals surface area contributed by atoms with E-state index in [9.17, 15) is 4.79 Å². The summed E-state index contributed by atoms with van der Waals surface area (Å²) in [7, 11) is 0. The van der Waals surface area contributed by atoms with Crippen LogP contribution in [0.25, 0.3) is 0 Å². The fraction of sp³-hybridized carbons (Fsp3) is 0.400. The molecule has 1 fully saturated rings. The van der Waals surface area contributed by atoms with Gasteiger partial charge in [-0.3, -0.25) is 9.89 Å². The third-order valence-corrected chi connectivity index (χ3v) is 3.70. The van der Waals surface area contributed by atoms with Crippen LogP contribution in [0, 0.1) is 13.8 Å². The standard InChI is InChI=1S/C15H18N4O2/c1-10-14(11(2)18-17-10)15(20)19-8-6-12(9-19)21-13-5-3-4-7-16-13/h3-5,7,12H,6,8-9H2,1-2H3,(H,17,18). The summed E-state index contributed by atoms with van der Waals surface area (Å²) >= 11 is 0. The van der Waals surface area contributed by atoms with E-state index < -0.39 is 0 Å². The maximum Gasteiger partial charge on any atom is 0.257 e. The zero-order valence-electron chi connectivity index (χ0n) is 12.2. The number of aromatic amines is 1. The van der Waals surface area contributed by atoms with Crippen molar-refractivity contribution in [3.8, 4) is 5.88 Å². The lowest BCUT2D eigenvalue weighted by molar-refractivity contribution is 0.0770. The summed E-state index contributed by atoms with van der Waals surface area (Å²) in [5.41, 5.74) is 2.23. The number of likely N-dealkylation sites (tertiary alicyclic amines) is 1. The van der Waals surface area contributed by atoms with Gasteiger partial charge in [-0.25, -0.2) is 4.98 Å². The van der Waals surface area contributed by atoms with Gasteiger partial charge in [0.2, 0.25) is 5.88 Å². The van der Waals surface area contributed by atoms with Crippen LogP contribution in [0.3, 0.4) is 0 Å². The Morgan fingerprint density at radius 1 is 1.43 bits per heavy atom. The molecule has 1 unspecified atom stereocenters. The average molecular weight is 286 g/mol. The van der Waals surface area contributed by atoms with Gasteiger partial charge in [-0.1, -0.05) is 6.07 Å². The molecule has 3 heterocycles. The first-order chi connectivity index (χ1) is 10.1. The highest BCUT2D eigenvalue weighted by atomic mass is 16.5. The predicted octanol–water partition coefficient (Wildman–Crippen LogP) is 1.72. The van der Waals surface area contributed by atoms with Gasteiger partial charge in [0.05, 0.1) is 17.8 Å². The number of carbonyl (C=O) groups excluding carboxylic acids is 1. The number of aromatic nitrogens is 3. The van der Waals surface area contributed by atoms with Gasteiger partial charge in [0.25, 0.3) is 5.91 Å². The highest BCUT2D eigenvalue weighted by Crippen LogP contribution is 2.20. The summed E-state index contributed by atoms with van der Waals surface area (Å²) in [5.74, 6) is 0.623. The van der Waals surface area contributed by atoms with Crippen molar-refractivity contribution in [2.24, 2.45) is 0 Å². The third kappa shape index (κ3) is 2.74. The summed E-state index contributed by atoms with van der Waals surface area (Å²) < 4.78 is 5.81. The number of hydrogen-bond donors (Lipinski definition) is 1. The SMILES string of the molecule is Cc1n[nH]c(C)c1C(=O)N1CCC(Oc2ccccn2)C1. The molecule has 1 amide bonds. The normalized spacial score (nSPS) is 18.0. The minimum atomic E-state index is -0.00337. The second kappa shape index (κ2) is 5.55. The third-order valence-electron chi connectivity index (χ3n) is 3.70. The molecule has 0 spiro atoms. The van der Waals surface area contributed by atoms with Crippen LogP contribution >= 0.6 is 0 Å². The van der Waals surface area contributed by atoms with E-state index in [0.717, 1.165) is 17.8 Å². The number of pyridine rings is 1. The molecule has 1 saturated heterocycles. The fourth-order valence-electron chi connectivity index (χ4n) is 2.62. The maximum atomic E-state index is 12.5. The molecule has 0 aromatic carbocycles. The van der Waals surface area contributed by atoms with E-state index in [0.29, 0.717) is 24.5 Å². The molecule has 1 atom stereocenters. The summed E-state index contributed by atoms with van der Waals surface area (Å²) in [4.78, 5) is 18.5. The molecule has 1 aliphatic heterocycles. The largest absolute Gasteiger partial charge is 0.472 e. The number of carbonyl (C=O) groups is 1. The van der Waals surface area contributed by atoms with Crippen LogP contribution in [0.4, 0.5) is 0 Å². The lowest BCUT2D eigenvalue weighted by Crippen LogP contribution is -2.31. The molecular weight excluding hydrogens is 268 g/mol. The average Bonchev–Trinajstić information content (AvgIpc) is 3.07. The first-order valence-electron chi connectivity index (χ1n) is 7.03. The van der Waals surface area contributed by atoms with Crippen molar-refractivity contribution in [1.82, 2.24) is 20.1 Å². The van der Waals surface area contributed by atoms with Gasteiger partial charge < -0.3 is 9.64 Å². The molecule has 3 rings (SSSR count). The molecule has 0 bridgehead atoms. The van der Waals surface area contributed by atoms with E-state index in [1.165, 1.54) is 0 Å². The maximum absolute atomic E-state index is 12.5. The van der Waals surface area contributed by atoms with Crippen molar-refractivity contribution in [3.63, 3.8) is 0 Å². The van der Waals surface area contributed by atoms with Crippen LogP contribution in [0.15, 0.2) is 24.4 Å². The molecule has 6 nitrogen and oxygen atoms in total. The number of nitrogens with one attached hydrogen (secondary N) is 1. The first kappa shape index (κ1) is 13.6. The summed E-state index contributed by atoms with van der Waals surface area (Å²) in [6.07, 6.45) is 2.51. The molecule has 0 aliphatic carbocycles. The van der Waals surface area contributed by atoms with Crippen LogP contribution in [0.2, 0.25) is 0 Å².